The van der Waals surface area contributed by atoms with Crippen LogP contribution in [-0.2, 0) is 14.0 Å². The lowest BCUT2D eigenvalue weighted by Gasteiger charge is -2.58. The molecule has 0 atom stereocenters. The summed E-state index contributed by atoms with van der Waals surface area (Å²) in [6.45, 7) is 2.48. The number of fused-ring (bicyclic) bond motifs is 3. The molecule has 0 unspecified atom stereocenters. The molecule has 3 saturated heterocycles. The van der Waals surface area contributed by atoms with Crippen LogP contribution in [0.25, 0.3) is 0 Å². The lowest BCUT2D eigenvalue weighted by molar-refractivity contribution is -0.119. The molecule has 3 aliphatic rings. The van der Waals surface area contributed by atoms with Crippen LogP contribution in [0.15, 0.2) is 24.5 Å². The average Bonchev–Trinajstić information content (AvgIpc) is 2.32. The van der Waals surface area contributed by atoms with Gasteiger partial charge >= 0.3 is 6.75 Å². The molecular formula is C10H13BNO3-. The zero-order valence-corrected chi connectivity index (χ0v) is 8.68. The van der Waals surface area contributed by atoms with Gasteiger partial charge < -0.3 is 14.0 Å². The lowest BCUT2D eigenvalue weighted by atomic mass is 9.65. The van der Waals surface area contributed by atoms with Crippen LogP contribution < -0.4 is 5.46 Å². The fourth-order valence-electron chi connectivity index (χ4n) is 2.08. The van der Waals surface area contributed by atoms with Crippen LogP contribution >= 0.6 is 0 Å². The summed E-state index contributed by atoms with van der Waals surface area (Å²) in [6, 6.07) is 3.80. The average molecular weight is 206 g/mol. The maximum atomic E-state index is 5.73. The zero-order chi connectivity index (χ0) is 10.4. The minimum atomic E-state index is -1.71. The summed E-state index contributed by atoms with van der Waals surface area (Å²) >= 11 is 0. The van der Waals surface area contributed by atoms with Crippen LogP contribution in [0.5, 0.6) is 0 Å². The van der Waals surface area contributed by atoms with E-state index in [2.05, 4.69) is 11.9 Å². The minimum Gasteiger partial charge on any atom is -0.540 e. The third-order valence-electron chi connectivity index (χ3n) is 3.05. The van der Waals surface area contributed by atoms with Gasteiger partial charge in [0.15, 0.2) is 0 Å². The van der Waals surface area contributed by atoms with Crippen molar-refractivity contribution < 1.29 is 14.0 Å². The highest BCUT2D eigenvalue weighted by molar-refractivity contribution is 6.75. The van der Waals surface area contributed by atoms with Gasteiger partial charge in [-0.15, -0.1) is 5.46 Å². The second-order valence-electron chi connectivity index (χ2n) is 4.67. The molecule has 0 amide bonds. The molecule has 4 rings (SSSR count). The second-order valence-corrected chi connectivity index (χ2v) is 4.67. The number of hydrogen-bond donors (Lipinski definition) is 0. The van der Waals surface area contributed by atoms with E-state index in [0.717, 1.165) is 5.46 Å². The molecular weight excluding hydrogens is 193 g/mol. The smallest absolute Gasteiger partial charge is 0.411 e. The van der Waals surface area contributed by atoms with Crippen molar-refractivity contribution in [2.24, 2.45) is 5.41 Å². The summed E-state index contributed by atoms with van der Waals surface area (Å²) in [4.78, 5) is 4.06. The third-order valence-corrected chi connectivity index (χ3v) is 3.05. The van der Waals surface area contributed by atoms with Crippen molar-refractivity contribution in [2.75, 3.05) is 19.8 Å². The minimum absolute atomic E-state index is 0.0196. The first-order valence-corrected chi connectivity index (χ1v) is 5.18. The van der Waals surface area contributed by atoms with Crippen molar-refractivity contribution in [3.8, 4) is 0 Å². The van der Waals surface area contributed by atoms with E-state index in [4.69, 9.17) is 14.0 Å². The quantitative estimate of drug-likeness (QED) is 0.620. The Labute approximate surface area is 88.6 Å². The Morgan fingerprint density at radius 3 is 2.47 bits per heavy atom. The standard InChI is InChI=1S/C10H13BNO3/c1-10-6-13-11(14-7-10,15-8-10)9-3-2-4-12-5-9/h2-5H,6-8H2,1H3/q-1. The van der Waals surface area contributed by atoms with Gasteiger partial charge in [-0.2, -0.15) is 0 Å². The SMILES string of the molecule is CC12CO[B-](c3cccnc3)(OC1)OC2. The number of rotatable bonds is 1. The molecule has 15 heavy (non-hydrogen) atoms. The molecule has 3 fully saturated rings. The summed E-state index contributed by atoms with van der Waals surface area (Å²) in [5.74, 6) is 0. The maximum absolute atomic E-state index is 5.73. The molecule has 4 heterocycles. The van der Waals surface area contributed by atoms with E-state index in [1.54, 1.807) is 12.4 Å². The first kappa shape index (κ1) is 9.33. The summed E-state index contributed by atoms with van der Waals surface area (Å²) in [7, 11) is 0. The van der Waals surface area contributed by atoms with E-state index < -0.39 is 6.75 Å². The van der Waals surface area contributed by atoms with E-state index in [1.807, 2.05) is 12.1 Å². The van der Waals surface area contributed by atoms with Gasteiger partial charge in [0, 0.05) is 31.4 Å². The lowest BCUT2D eigenvalue weighted by Crippen LogP contribution is -2.68. The molecule has 0 aliphatic carbocycles. The van der Waals surface area contributed by atoms with Gasteiger partial charge in [0.25, 0.3) is 0 Å². The molecule has 4 nitrogen and oxygen atoms in total. The Balaban J connectivity index is 1.94. The molecule has 1 aromatic heterocycles. The fraction of sp³-hybridized carbons (Fsp3) is 0.500. The Morgan fingerprint density at radius 1 is 1.27 bits per heavy atom. The molecule has 3 aliphatic heterocycles. The van der Waals surface area contributed by atoms with Gasteiger partial charge in [-0.3, -0.25) is 4.98 Å². The molecule has 80 valence electrons. The van der Waals surface area contributed by atoms with Crippen molar-refractivity contribution in [1.29, 1.82) is 0 Å². The van der Waals surface area contributed by atoms with Gasteiger partial charge in [0.1, 0.15) is 0 Å². The number of aromatic nitrogens is 1. The van der Waals surface area contributed by atoms with Crippen LogP contribution in [-0.4, -0.2) is 31.6 Å². The maximum Gasteiger partial charge on any atom is 0.411 e. The van der Waals surface area contributed by atoms with E-state index in [0.29, 0.717) is 19.8 Å². The van der Waals surface area contributed by atoms with Gasteiger partial charge in [-0.05, 0) is 12.3 Å². The predicted molar refractivity (Wildman–Crippen MR) is 55.6 cm³/mol. The highest BCUT2D eigenvalue weighted by Crippen LogP contribution is 2.34. The Kier molecular flexibility index (Phi) is 1.89. The predicted octanol–water partition coefficient (Wildman–Crippen LogP) is 0.311. The van der Waals surface area contributed by atoms with E-state index in [1.165, 1.54) is 0 Å². The summed E-state index contributed by atoms with van der Waals surface area (Å²) in [5, 5.41) is 0. The van der Waals surface area contributed by atoms with E-state index in [-0.39, 0.29) is 5.41 Å². The largest absolute Gasteiger partial charge is 0.540 e. The zero-order valence-electron chi connectivity index (χ0n) is 8.68. The first-order valence-electron chi connectivity index (χ1n) is 5.18. The van der Waals surface area contributed by atoms with Crippen LogP contribution in [0.2, 0.25) is 0 Å². The molecule has 5 heteroatoms. The number of hydrogen-bond acceptors (Lipinski definition) is 4. The molecule has 0 saturated carbocycles. The van der Waals surface area contributed by atoms with Gasteiger partial charge in [0.05, 0.1) is 0 Å². The molecule has 2 bridgehead atoms. The topological polar surface area (TPSA) is 40.6 Å². The molecule has 0 radical (unpaired) electrons. The van der Waals surface area contributed by atoms with Gasteiger partial charge in [-0.1, -0.05) is 13.0 Å². The summed E-state index contributed by atoms with van der Waals surface area (Å²) < 4.78 is 17.2. The molecule has 1 aromatic rings. The second kappa shape index (κ2) is 3.04. The van der Waals surface area contributed by atoms with Crippen LogP contribution in [0.4, 0.5) is 0 Å². The van der Waals surface area contributed by atoms with Crippen LogP contribution in [0.1, 0.15) is 6.92 Å². The number of nitrogens with zero attached hydrogens (tertiary/aromatic N) is 1. The van der Waals surface area contributed by atoms with Crippen molar-refractivity contribution in [2.45, 2.75) is 6.92 Å². The van der Waals surface area contributed by atoms with E-state index >= 15 is 0 Å². The molecule has 0 aromatic carbocycles. The number of pyridine rings is 1. The third kappa shape index (κ3) is 1.39. The Hall–Kier alpha value is -0.905. The monoisotopic (exact) mass is 206 g/mol. The molecule has 0 N–H and O–H groups in total. The van der Waals surface area contributed by atoms with Crippen molar-refractivity contribution >= 4 is 12.2 Å². The van der Waals surface area contributed by atoms with Crippen molar-refractivity contribution in [1.82, 2.24) is 4.98 Å². The highest BCUT2D eigenvalue weighted by Gasteiger charge is 2.46. The fourth-order valence-corrected chi connectivity index (χ4v) is 2.08. The van der Waals surface area contributed by atoms with Gasteiger partial charge in [-0.25, -0.2) is 0 Å². The highest BCUT2D eigenvalue weighted by atomic mass is 16.8. The Morgan fingerprint density at radius 2 is 1.93 bits per heavy atom. The first-order chi connectivity index (χ1) is 7.23. The van der Waals surface area contributed by atoms with Gasteiger partial charge in [0.2, 0.25) is 0 Å². The van der Waals surface area contributed by atoms with Crippen molar-refractivity contribution in [3.63, 3.8) is 0 Å². The Bertz CT molecular complexity index is 346. The van der Waals surface area contributed by atoms with Crippen LogP contribution in [0, 0.1) is 5.41 Å². The summed E-state index contributed by atoms with van der Waals surface area (Å²) in [6.07, 6.45) is 3.47. The molecule has 0 spiro atoms. The van der Waals surface area contributed by atoms with Crippen LogP contribution in [0.3, 0.4) is 0 Å². The van der Waals surface area contributed by atoms with E-state index in [9.17, 15) is 0 Å². The van der Waals surface area contributed by atoms with Crippen molar-refractivity contribution in [3.05, 3.63) is 24.5 Å². The normalized spacial score (nSPS) is 39.3. The summed E-state index contributed by atoms with van der Waals surface area (Å²) in [5.41, 5.74) is 0.908.